The van der Waals surface area contributed by atoms with Crippen LogP contribution in [0.3, 0.4) is 0 Å². The molecule has 180 valence electrons. The van der Waals surface area contributed by atoms with Gasteiger partial charge >= 0.3 is 5.97 Å². The van der Waals surface area contributed by atoms with Crippen LogP contribution in [0.15, 0.2) is 29.2 Å². The van der Waals surface area contributed by atoms with Gasteiger partial charge in [0.15, 0.2) is 9.84 Å². The number of rotatable bonds is 10. The van der Waals surface area contributed by atoms with E-state index in [1.54, 1.807) is 6.92 Å². The van der Waals surface area contributed by atoms with Crippen LogP contribution in [0.4, 0.5) is 9.39 Å². The first-order valence-corrected chi connectivity index (χ1v) is 13.5. The van der Waals surface area contributed by atoms with Gasteiger partial charge in [0.05, 0.1) is 22.8 Å². The number of ether oxygens (including phenoxy) is 1. The van der Waals surface area contributed by atoms with E-state index < -0.39 is 21.6 Å². The number of amides is 1. The zero-order chi connectivity index (χ0) is 24.0. The number of benzene rings is 1. The summed E-state index contributed by atoms with van der Waals surface area (Å²) in [6, 6.07) is 4.62. The molecule has 0 saturated heterocycles. The van der Waals surface area contributed by atoms with E-state index in [9.17, 15) is 22.4 Å². The summed E-state index contributed by atoms with van der Waals surface area (Å²) in [7, 11) is -3.61. The minimum Gasteiger partial charge on any atom is -0.462 e. The molecule has 0 saturated carbocycles. The van der Waals surface area contributed by atoms with E-state index in [-0.39, 0.29) is 36.0 Å². The van der Waals surface area contributed by atoms with Gasteiger partial charge in [-0.25, -0.2) is 17.6 Å². The van der Waals surface area contributed by atoms with E-state index in [2.05, 4.69) is 17.1 Å². The lowest BCUT2D eigenvalue weighted by atomic mass is 10.0. The molecular weight excluding hydrogens is 467 g/mol. The Kier molecular flexibility index (Phi) is 8.61. The van der Waals surface area contributed by atoms with Gasteiger partial charge in [0.1, 0.15) is 10.8 Å². The van der Waals surface area contributed by atoms with Crippen molar-refractivity contribution in [2.24, 2.45) is 0 Å². The number of carbonyl (C=O) groups is 2. The molecule has 2 aromatic rings. The van der Waals surface area contributed by atoms with Crippen LogP contribution in [0.2, 0.25) is 0 Å². The van der Waals surface area contributed by atoms with Crippen LogP contribution in [0.5, 0.6) is 0 Å². The van der Waals surface area contributed by atoms with Crippen molar-refractivity contribution in [3.63, 3.8) is 0 Å². The molecule has 1 N–H and O–H groups in total. The van der Waals surface area contributed by atoms with Crippen LogP contribution < -0.4 is 5.32 Å². The molecule has 0 atom stereocenters. The molecule has 0 bridgehead atoms. The summed E-state index contributed by atoms with van der Waals surface area (Å²) in [6.45, 7) is 6.64. The Hall–Kier alpha value is -2.30. The van der Waals surface area contributed by atoms with Gasteiger partial charge in [0.2, 0.25) is 5.91 Å². The van der Waals surface area contributed by atoms with Crippen molar-refractivity contribution in [1.82, 2.24) is 4.90 Å². The van der Waals surface area contributed by atoms with Gasteiger partial charge in [-0.05, 0) is 62.6 Å². The quantitative estimate of drug-likeness (QED) is 0.394. The van der Waals surface area contributed by atoms with E-state index in [1.807, 2.05) is 0 Å². The van der Waals surface area contributed by atoms with E-state index in [4.69, 9.17) is 4.74 Å². The van der Waals surface area contributed by atoms with Gasteiger partial charge in [-0.3, -0.25) is 9.69 Å². The molecule has 0 radical (unpaired) electrons. The maximum Gasteiger partial charge on any atom is 0.341 e. The Morgan fingerprint density at radius 1 is 1.21 bits per heavy atom. The number of anilines is 1. The molecular formula is C23H29FN2O5S2. The summed E-state index contributed by atoms with van der Waals surface area (Å²) in [5.74, 6) is -1.56. The number of halogens is 1. The van der Waals surface area contributed by atoms with Crippen LogP contribution in [-0.4, -0.2) is 50.6 Å². The average Bonchev–Trinajstić information content (AvgIpc) is 3.11. The Morgan fingerprint density at radius 2 is 1.94 bits per heavy atom. The monoisotopic (exact) mass is 496 g/mol. The molecule has 1 aromatic heterocycles. The highest BCUT2D eigenvalue weighted by molar-refractivity contribution is 7.91. The fourth-order valence-electron chi connectivity index (χ4n) is 3.84. The van der Waals surface area contributed by atoms with Crippen molar-refractivity contribution in [3.8, 4) is 0 Å². The minimum absolute atomic E-state index is 0.0206. The topological polar surface area (TPSA) is 92.8 Å². The number of carbonyl (C=O) groups excluding carboxylic acids is 2. The summed E-state index contributed by atoms with van der Waals surface area (Å²) >= 11 is 1.38. The first-order valence-electron chi connectivity index (χ1n) is 11.1. The third-order valence-electron chi connectivity index (χ3n) is 5.40. The van der Waals surface area contributed by atoms with Crippen LogP contribution in [0.25, 0.3) is 0 Å². The van der Waals surface area contributed by atoms with Gasteiger partial charge in [-0.1, -0.05) is 6.92 Å². The fraction of sp³-hybridized carbons (Fsp3) is 0.478. The number of thiophene rings is 1. The number of nitrogens with zero attached hydrogens (tertiary/aromatic N) is 1. The van der Waals surface area contributed by atoms with Crippen molar-refractivity contribution >= 4 is 38.1 Å². The molecule has 1 aliphatic heterocycles. The maximum absolute atomic E-state index is 13.0. The number of sulfone groups is 1. The van der Waals surface area contributed by atoms with Crippen molar-refractivity contribution in [2.75, 3.05) is 30.8 Å². The second-order valence-corrected chi connectivity index (χ2v) is 11.1. The van der Waals surface area contributed by atoms with Crippen molar-refractivity contribution in [1.29, 1.82) is 0 Å². The Morgan fingerprint density at radius 3 is 2.61 bits per heavy atom. The number of fused-ring (bicyclic) bond motifs is 1. The molecule has 3 rings (SSSR count). The van der Waals surface area contributed by atoms with Crippen molar-refractivity contribution in [2.45, 2.75) is 51.0 Å². The number of esters is 1. The standard InChI is InChI=1S/C23H29FN2O5S2/c1-3-12-26-13-11-18-19(15-26)32-22(21(18)23(28)31-4-2)25-20(27)6-5-14-33(29,30)17-9-7-16(24)8-10-17/h7-10H,3-6,11-15H2,1-2H3,(H,25,27). The highest BCUT2D eigenvalue weighted by Gasteiger charge is 2.29. The molecule has 33 heavy (non-hydrogen) atoms. The summed E-state index contributed by atoms with van der Waals surface area (Å²) < 4.78 is 43.1. The summed E-state index contributed by atoms with van der Waals surface area (Å²) in [5, 5.41) is 3.26. The third kappa shape index (κ3) is 6.39. The average molecular weight is 497 g/mol. The molecule has 0 fully saturated rings. The van der Waals surface area contributed by atoms with Crippen LogP contribution in [-0.2, 0) is 32.3 Å². The van der Waals surface area contributed by atoms with Crippen molar-refractivity contribution < 1.29 is 27.1 Å². The lowest BCUT2D eigenvalue weighted by molar-refractivity contribution is -0.116. The Bertz CT molecular complexity index is 1100. The minimum atomic E-state index is -3.61. The zero-order valence-electron chi connectivity index (χ0n) is 18.9. The Labute approximate surface area is 197 Å². The molecule has 2 heterocycles. The molecule has 1 amide bonds. The van der Waals surface area contributed by atoms with Gasteiger partial charge in [0, 0.05) is 24.4 Å². The second-order valence-electron chi connectivity index (χ2n) is 7.88. The van der Waals surface area contributed by atoms with Crippen LogP contribution in [0.1, 0.15) is 53.9 Å². The van der Waals surface area contributed by atoms with Gasteiger partial charge in [0.25, 0.3) is 0 Å². The molecule has 1 aromatic carbocycles. The smallest absolute Gasteiger partial charge is 0.341 e. The van der Waals surface area contributed by atoms with E-state index in [1.165, 1.54) is 23.5 Å². The molecule has 0 aliphatic carbocycles. The van der Waals surface area contributed by atoms with Gasteiger partial charge < -0.3 is 10.1 Å². The summed E-state index contributed by atoms with van der Waals surface area (Å²) in [6.07, 6.45) is 1.84. The second kappa shape index (κ2) is 11.2. The molecule has 0 spiro atoms. The largest absolute Gasteiger partial charge is 0.462 e. The number of nitrogens with one attached hydrogen (secondary N) is 1. The first-order chi connectivity index (χ1) is 15.7. The Balaban J connectivity index is 1.67. The maximum atomic E-state index is 13.0. The lowest BCUT2D eigenvalue weighted by Gasteiger charge is -2.26. The number of hydrogen-bond donors (Lipinski definition) is 1. The predicted octanol–water partition coefficient (Wildman–Crippen LogP) is 4.02. The summed E-state index contributed by atoms with van der Waals surface area (Å²) in [5.41, 5.74) is 1.35. The lowest BCUT2D eigenvalue weighted by Crippen LogP contribution is -2.30. The SMILES string of the molecule is CCCN1CCc2c(sc(NC(=O)CCCS(=O)(=O)c3ccc(F)cc3)c2C(=O)OCC)C1. The van der Waals surface area contributed by atoms with Crippen LogP contribution in [0, 0.1) is 5.82 Å². The molecule has 10 heteroatoms. The molecule has 7 nitrogen and oxygen atoms in total. The molecule has 0 unspecified atom stereocenters. The molecule has 1 aliphatic rings. The number of hydrogen-bond acceptors (Lipinski definition) is 7. The zero-order valence-corrected chi connectivity index (χ0v) is 20.5. The fourth-order valence-corrected chi connectivity index (χ4v) is 6.45. The van der Waals surface area contributed by atoms with Gasteiger partial charge in [-0.15, -0.1) is 11.3 Å². The van der Waals surface area contributed by atoms with Crippen molar-refractivity contribution in [3.05, 3.63) is 46.1 Å². The van der Waals surface area contributed by atoms with E-state index >= 15 is 0 Å². The highest BCUT2D eigenvalue weighted by atomic mass is 32.2. The first kappa shape index (κ1) is 25.3. The van der Waals surface area contributed by atoms with E-state index in [0.717, 1.165) is 48.6 Å². The van der Waals surface area contributed by atoms with E-state index in [0.29, 0.717) is 17.0 Å². The summed E-state index contributed by atoms with van der Waals surface area (Å²) in [4.78, 5) is 28.6. The third-order valence-corrected chi connectivity index (χ3v) is 8.35. The normalized spacial score (nSPS) is 14.0. The highest BCUT2D eigenvalue weighted by Crippen LogP contribution is 2.37. The van der Waals surface area contributed by atoms with Gasteiger partial charge in [-0.2, -0.15) is 0 Å². The van der Waals surface area contributed by atoms with Crippen LogP contribution >= 0.6 is 11.3 Å². The predicted molar refractivity (Wildman–Crippen MR) is 126 cm³/mol.